The van der Waals surface area contributed by atoms with Crippen molar-refractivity contribution >= 4 is 0 Å². The van der Waals surface area contributed by atoms with E-state index in [0.29, 0.717) is 0 Å². The monoisotopic (exact) mass is 210 g/mol. The van der Waals surface area contributed by atoms with Crippen LogP contribution in [0.1, 0.15) is 51.5 Å². The van der Waals surface area contributed by atoms with E-state index >= 15 is 0 Å². The van der Waals surface area contributed by atoms with Crippen molar-refractivity contribution in [3.63, 3.8) is 0 Å². The zero-order chi connectivity index (χ0) is 10.9. The number of hydrogen-bond acceptors (Lipinski definition) is 0. The summed E-state index contributed by atoms with van der Waals surface area (Å²) in [6.07, 6.45) is 9.05. The maximum Gasteiger partial charge on any atom is 1.00 e. The average Bonchev–Trinajstić information content (AvgIpc) is 2.24. The van der Waals surface area contributed by atoms with Gasteiger partial charge in [0.25, 0.3) is 0 Å². The van der Waals surface area contributed by atoms with Crippen LogP contribution in [0.3, 0.4) is 0 Å². The molecule has 0 saturated heterocycles. The largest absolute Gasteiger partial charge is 1.00 e. The van der Waals surface area contributed by atoms with Crippen molar-refractivity contribution in [2.45, 2.75) is 46.0 Å². The van der Waals surface area contributed by atoms with Crippen LogP contribution < -0.4 is 18.9 Å². The zero-order valence-electron chi connectivity index (χ0n) is 11.1. The third-order valence-electron chi connectivity index (χ3n) is 2.67. The maximum atomic E-state index is 2.34. The third kappa shape index (κ3) is 7.91. The molecule has 0 fully saturated rings. The van der Waals surface area contributed by atoms with Crippen LogP contribution >= 0.6 is 0 Å². The van der Waals surface area contributed by atoms with Gasteiger partial charge < -0.3 is 0 Å². The molecule has 0 saturated carbocycles. The Labute approximate surface area is 113 Å². The first-order valence-corrected chi connectivity index (χ1v) is 6.17. The number of unbranched alkanes of at least 4 members (excludes halogenated alkanes) is 3. The van der Waals surface area contributed by atoms with E-state index in [1.165, 1.54) is 37.7 Å². The van der Waals surface area contributed by atoms with Crippen LogP contribution in [-0.4, -0.2) is 0 Å². The molecular weight excluding hydrogens is 187 g/mol. The van der Waals surface area contributed by atoms with Crippen LogP contribution in [0.5, 0.6) is 0 Å². The Kier molecular flexibility index (Phi) is 9.69. The van der Waals surface area contributed by atoms with Crippen LogP contribution in [0.4, 0.5) is 0 Å². The van der Waals surface area contributed by atoms with Gasteiger partial charge in [0.2, 0.25) is 0 Å². The summed E-state index contributed by atoms with van der Waals surface area (Å²) in [5.41, 5.74) is 1.36. The van der Waals surface area contributed by atoms with Crippen molar-refractivity contribution in [3.05, 3.63) is 42.3 Å². The molecule has 0 bridgehead atoms. The molecule has 0 nitrogen and oxygen atoms in total. The van der Waals surface area contributed by atoms with Crippen molar-refractivity contribution in [3.8, 4) is 0 Å². The first-order valence-electron chi connectivity index (χ1n) is 6.17. The van der Waals surface area contributed by atoms with Gasteiger partial charge in [-0.05, 0) is 5.92 Å². The van der Waals surface area contributed by atoms with E-state index in [2.05, 4.69) is 50.6 Å². The van der Waals surface area contributed by atoms with Crippen LogP contribution in [0, 0.1) is 12.3 Å². The van der Waals surface area contributed by atoms with E-state index in [1.807, 2.05) is 0 Å². The third-order valence-corrected chi connectivity index (χ3v) is 2.67. The fourth-order valence-corrected chi connectivity index (χ4v) is 1.73. The van der Waals surface area contributed by atoms with E-state index in [4.69, 9.17) is 0 Å². The zero-order valence-corrected chi connectivity index (χ0v) is 11.1. The Balaban J connectivity index is 0.00000225. The average molecular weight is 210 g/mol. The Bertz CT molecular complexity index is 241. The minimum atomic E-state index is 0. The SMILES string of the molecule is CC(C)CCCCC[CH-]c1ccccc1.[Li+]. The van der Waals surface area contributed by atoms with E-state index in [1.54, 1.807) is 0 Å². The molecule has 0 aromatic heterocycles. The smallest absolute Gasteiger partial charge is 0.192 e. The molecular formula is C15H23Li. The van der Waals surface area contributed by atoms with Gasteiger partial charge in [-0.2, -0.15) is 24.1 Å². The molecule has 1 heteroatoms. The normalized spacial score (nSPS) is 9.94. The van der Waals surface area contributed by atoms with Crippen molar-refractivity contribution in [1.82, 2.24) is 0 Å². The maximum absolute atomic E-state index is 2.34. The summed E-state index contributed by atoms with van der Waals surface area (Å²) in [5.74, 6) is 0.864. The summed E-state index contributed by atoms with van der Waals surface area (Å²) < 4.78 is 0. The summed E-state index contributed by atoms with van der Waals surface area (Å²) in [5, 5.41) is 0. The molecule has 0 heterocycles. The summed E-state index contributed by atoms with van der Waals surface area (Å²) in [4.78, 5) is 0. The molecule has 16 heavy (non-hydrogen) atoms. The number of rotatable bonds is 7. The predicted octanol–water partition coefficient (Wildman–Crippen LogP) is 1.85. The van der Waals surface area contributed by atoms with Crippen molar-refractivity contribution in [2.24, 2.45) is 5.92 Å². The Hall–Kier alpha value is -0.313. The second-order valence-corrected chi connectivity index (χ2v) is 4.65. The summed E-state index contributed by atoms with van der Waals surface area (Å²) in [6.45, 7) is 4.60. The van der Waals surface area contributed by atoms with E-state index < -0.39 is 0 Å². The van der Waals surface area contributed by atoms with Crippen LogP contribution in [0.15, 0.2) is 30.3 Å². The fraction of sp³-hybridized carbons (Fsp3) is 0.533. The predicted molar refractivity (Wildman–Crippen MR) is 67.8 cm³/mol. The molecule has 0 unspecified atom stereocenters. The Morgan fingerprint density at radius 2 is 1.69 bits per heavy atom. The first kappa shape index (κ1) is 15.7. The molecule has 0 aliphatic carbocycles. The van der Waals surface area contributed by atoms with Gasteiger partial charge >= 0.3 is 18.9 Å². The van der Waals surface area contributed by atoms with Gasteiger partial charge in [-0.1, -0.05) is 52.0 Å². The molecule has 0 N–H and O–H groups in total. The standard InChI is InChI=1S/C15H23.Li/c1-14(2)10-6-3-4-7-11-15-12-8-5-9-13-15;/h5,8-9,11-14H,3-4,6-7,10H2,1-2H3;/q-1;+1. The van der Waals surface area contributed by atoms with Gasteiger partial charge in [0.1, 0.15) is 0 Å². The molecule has 84 valence electrons. The topological polar surface area (TPSA) is 0 Å². The van der Waals surface area contributed by atoms with Gasteiger partial charge in [0, 0.05) is 0 Å². The van der Waals surface area contributed by atoms with Gasteiger partial charge in [0.15, 0.2) is 0 Å². The molecule has 0 amide bonds. The molecule has 1 aromatic rings. The van der Waals surface area contributed by atoms with Crippen LogP contribution in [0.2, 0.25) is 0 Å². The molecule has 0 aliphatic heterocycles. The molecule has 1 rings (SSSR count). The summed E-state index contributed by atoms with van der Waals surface area (Å²) in [7, 11) is 0. The quantitative estimate of drug-likeness (QED) is 0.366. The second-order valence-electron chi connectivity index (χ2n) is 4.65. The number of hydrogen-bond donors (Lipinski definition) is 0. The molecule has 0 atom stereocenters. The Morgan fingerprint density at radius 3 is 2.31 bits per heavy atom. The second kappa shape index (κ2) is 9.88. The summed E-state index contributed by atoms with van der Waals surface area (Å²) in [6, 6.07) is 10.6. The first-order chi connectivity index (χ1) is 7.29. The van der Waals surface area contributed by atoms with Crippen LogP contribution in [0.25, 0.3) is 0 Å². The fourth-order valence-electron chi connectivity index (χ4n) is 1.73. The molecule has 1 aromatic carbocycles. The van der Waals surface area contributed by atoms with Crippen molar-refractivity contribution in [2.75, 3.05) is 0 Å². The number of benzene rings is 1. The van der Waals surface area contributed by atoms with Gasteiger partial charge in [-0.25, -0.2) is 0 Å². The van der Waals surface area contributed by atoms with E-state index in [9.17, 15) is 0 Å². The van der Waals surface area contributed by atoms with E-state index in [0.717, 1.165) is 5.92 Å². The van der Waals surface area contributed by atoms with Gasteiger partial charge in [0.05, 0.1) is 0 Å². The molecule has 0 spiro atoms. The minimum absolute atomic E-state index is 0. The van der Waals surface area contributed by atoms with Crippen molar-refractivity contribution in [1.29, 1.82) is 0 Å². The summed E-state index contributed by atoms with van der Waals surface area (Å²) >= 11 is 0. The molecule has 0 aliphatic rings. The minimum Gasteiger partial charge on any atom is -0.192 e. The van der Waals surface area contributed by atoms with Gasteiger partial charge in [-0.3, -0.25) is 0 Å². The van der Waals surface area contributed by atoms with Crippen LogP contribution in [-0.2, 0) is 0 Å². The Morgan fingerprint density at radius 1 is 1.00 bits per heavy atom. The van der Waals surface area contributed by atoms with E-state index in [-0.39, 0.29) is 18.9 Å². The molecule has 0 radical (unpaired) electrons. The van der Waals surface area contributed by atoms with Gasteiger partial charge in [-0.15, -0.1) is 12.1 Å². The van der Waals surface area contributed by atoms with Crippen molar-refractivity contribution < 1.29 is 18.9 Å².